The van der Waals surface area contributed by atoms with Gasteiger partial charge in [-0.1, -0.05) is 13.8 Å². The third-order valence-electron chi connectivity index (χ3n) is 5.03. The summed E-state index contributed by atoms with van der Waals surface area (Å²) in [6.07, 6.45) is -3.65. The zero-order chi connectivity index (χ0) is 25.0. The van der Waals surface area contributed by atoms with Gasteiger partial charge in [0.25, 0.3) is 5.56 Å². The van der Waals surface area contributed by atoms with Gasteiger partial charge in [-0.25, -0.2) is 4.79 Å². The number of thiophene rings is 1. The summed E-state index contributed by atoms with van der Waals surface area (Å²) in [5.74, 6) is -1.78. The summed E-state index contributed by atoms with van der Waals surface area (Å²) >= 11 is 1.07. The average molecular weight is 497 g/mol. The molecule has 0 saturated carbocycles. The number of ether oxygens (including phenoxy) is 2. The van der Waals surface area contributed by atoms with E-state index in [9.17, 15) is 27.6 Å². The van der Waals surface area contributed by atoms with E-state index in [4.69, 9.17) is 4.74 Å². The van der Waals surface area contributed by atoms with Crippen LogP contribution in [0.5, 0.6) is 5.75 Å². The van der Waals surface area contributed by atoms with Gasteiger partial charge < -0.3 is 14.8 Å². The van der Waals surface area contributed by atoms with Crippen molar-refractivity contribution in [2.75, 3.05) is 11.9 Å². The molecule has 1 aromatic carbocycles. The Hall–Kier alpha value is -3.41. The standard InChI is InChI=1S/C22H22F3N3O5S/c1-4-12(5-2)18(29)26-19-16-15(11-34-19)17(21(31)32-6-3)27-28(20(16)30)13-7-9-14(10-8-13)33-22(23,24)25/h7-12H,4-6H2,1-3H3,(H,26,29). The molecule has 8 nitrogen and oxygen atoms in total. The van der Waals surface area contributed by atoms with Crippen LogP contribution >= 0.6 is 11.3 Å². The van der Waals surface area contributed by atoms with E-state index in [0.29, 0.717) is 12.8 Å². The second-order valence-electron chi connectivity index (χ2n) is 7.18. The first-order chi connectivity index (χ1) is 16.1. The first kappa shape index (κ1) is 25.2. The molecule has 2 aromatic heterocycles. The maximum atomic E-state index is 13.3. The molecule has 3 aromatic rings. The number of nitrogens with zero attached hydrogens (tertiary/aromatic N) is 2. The molecule has 0 aliphatic carbocycles. The number of anilines is 1. The smallest absolute Gasteiger partial charge is 0.461 e. The van der Waals surface area contributed by atoms with Gasteiger partial charge in [0.1, 0.15) is 10.8 Å². The predicted octanol–water partition coefficient (Wildman–Crippen LogP) is 4.90. The van der Waals surface area contributed by atoms with Crippen molar-refractivity contribution in [1.82, 2.24) is 9.78 Å². The van der Waals surface area contributed by atoms with Crippen LogP contribution < -0.4 is 15.6 Å². The molecule has 2 heterocycles. The van der Waals surface area contributed by atoms with Gasteiger partial charge in [-0.05, 0) is 44.0 Å². The van der Waals surface area contributed by atoms with Gasteiger partial charge in [0.05, 0.1) is 17.7 Å². The highest BCUT2D eigenvalue weighted by atomic mass is 32.1. The molecule has 0 aliphatic rings. The van der Waals surface area contributed by atoms with Crippen LogP contribution in [0.1, 0.15) is 44.1 Å². The highest BCUT2D eigenvalue weighted by Gasteiger charge is 2.31. The predicted molar refractivity (Wildman–Crippen MR) is 121 cm³/mol. The maximum Gasteiger partial charge on any atom is 0.573 e. The van der Waals surface area contributed by atoms with Crippen LogP contribution in [0.3, 0.4) is 0 Å². The second kappa shape index (κ2) is 10.2. The Morgan fingerprint density at radius 2 is 1.79 bits per heavy atom. The van der Waals surface area contributed by atoms with Crippen LogP contribution in [0.25, 0.3) is 16.5 Å². The normalized spacial score (nSPS) is 11.6. The summed E-state index contributed by atoms with van der Waals surface area (Å²) < 4.78 is 47.2. The lowest BCUT2D eigenvalue weighted by atomic mass is 10.0. The molecule has 0 aliphatic heterocycles. The van der Waals surface area contributed by atoms with E-state index >= 15 is 0 Å². The maximum absolute atomic E-state index is 13.3. The molecule has 0 fully saturated rings. The molecule has 0 unspecified atom stereocenters. The molecule has 0 atom stereocenters. The monoisotopic (exact) mass is 497 g/mol. The summed E-state index contributed by atoms with van der Waals surface area (Å²) in [6.45, 7) is 5.43. The molecular weight excluding hydrogens is 475 g/mol. The number of amides is 1. The topological polar surface area (TPSA) is 99.5 Å². The van der Waals surface area contributed by atoms with Crippen molar-refractivity contribution >= 4 is 39.0 Å². The number of carbonyl (C=O) groups is 2. The van der Waals surface area contributed by atoms with Crippen molar-refractivity contribution in [2.45, 2.75) is 40.0 Å². The fourth-order valence-corrected chi connectivity index (χ4v) is 4.27. The third-order valence-corrected chi connectivity index (χ3v) is 5.92. The fourth-order valence-electron chi connectivity index (χ4n) is 3.33. The number of rotatable bonds is 8. The number of hydrogen-bond acceptors (Lipinski definition) is 7. The van der Waals surface area contributed by atoms with Crippen LogP contribution in [0, 0.1) is 5.92 Å². The van der Waals surface area contributed by atoms with Gasteiger partial charge in [0.2, 0.25) is 5.91 Å². The van der Waals surface area contributed by atoms with Crippen molar-refractivity contribution in [2.24, 2.45) is 5.92 Å². The minimum Gasteiger partial charge on any atom is -0.461 e. The van der Waals surface area contributed by atoms with Crippen molar-refractivity contribution < 1.29 is 32.2 Å². The number of fused-ring (bicyclic) bond motifs is 1. The molecule has 0 saturated heterocycles. The Morgan fingerprint density at radius 3 is 2.35 bits per heavy atom. The van der Waals surface area contributed by atoms with Crippen LogP contribution in [0.15, 0.2) is 34.4 Å². The van der Waals surface area contributed by atoms with E-state index in [2.05, 4.69) is 15.2 Å². The van der Waals surface area contributed by atoms with E-state index in [1.807, 2.05) is 13.8 Å². The van der Waals surface area contributed by atoms with Gasteiger partial charge >= 0.3 is 12.3 Å². The summed E-state index contributed by atoms with van der Waals surface area (Å²) in [5.41, 5.74) is -0.726. The SMILES string of the molecule is CCOC(=O)c1nn(-c2ccc(OC(F)(F)F)cc2)c(=O)c2c(NC(=O)C(CC)CC)scc12. The summed E-state index contributed by atoms with van der Waals surface area (Å²) in [4.78, 5) is 38.5. The first-order valence-corrected chi connectivity index (χ1v) is 11.4. The van der Waals surface area contributed by atoms with Crippen LogP contribution in [-0.2, 0) is 9.53 Å². The minimum atomic E-state index is -4.87. The Morgan fingerprint density at radius 1 is 1.15 bits per heavy atom. The number of aromatic nitrogens is 2. The highest BCUT2D eigenvalue weighted by Crippen LogP contribution is 2.31. The molecule has 0 spiro atoms. The van der Waals surface area contributed by atoms with Crippen LogP contribution in [0.2, 0.25) is 0 Å². The minimum absolute atomic E-state index is 0.0537. The molecule has 1 amide bonds. The number of carbonyl (C=O) groups excluding carboxylic acids is 2. The summed E-state index contributed by atoms with van der Waals surface area (Å²) in [5, 5.41) is 8.91. The van der Waals surface area contributed by atoms with Gasteiger partial charge in [0, 0.05) is 16.7 Å². The molecule has 0 radical (unpaired) electrons. The van der Waals surface area contributed by atoms with Gasteiger partial charge in [-0.3, -0.25) is 9.59 Å². The Balaban J connectivity index is 2.15. The van der Waals surface area contributed by atoms with Crippen molar-refractivity contribution in [3.05, 3.63) is 45.7 Å². The highest BCUT2D eigenvalue weighted by molar-refractivity contribution is 7.16. The third kappa shape index (κ3) is 5.38. The molecule has 0 bridgehead atoms. The summed E-state index contributed by atoms with van der Waals surface area (Å²) in [6, 6.07) is 4.44. The van der Waals surface area contributed by atoms with Crippen LogP contribution in [0.4, 0.5) is 18.2 Å². The number of benzene rings is 1. The van der Waals surface area contributed by atoms with E-state index in [1.54, 1.807) is 6.92 Å². The van der Waals surface area contributed by atoms with Gasteiger partial charge in [-0.2, -0.15) is 9.78 Å². The first-order valence-electron chi connectivity index (χ1n) is 10.5. The Labute approximate surface area is 196 Å². The van der Waals surface area contributed by atoms with E-state index in [-0.39, 0.29) is 45.6 Å². The molecule has 12 heteroatoms. The number of halogens is 3. The lowest BCUT2D eigenvalue weighted by molar-refractivity contribution is -0.274. The molecule has 3 rings (SSSR count). The quantitative estimate of drug-likeness (QED) is 0.445. The lowest BCUT2D eigenvalue weighted by Gasteiger charge is -2.13. The lowest BCUT2D eigenvalue weighted by Crippen LogP contribution is -2.26. The number of nitrogens with one attached hydrogen (secondary N) is 1. The number of alkyl halides is 3. The summed E-state index contributed by atoms with van der Waals surface area (Å²) in [7, 11) is 0. The van der Waals surface area contributed by atoms with Gasteiger partial charge in [0.15, 0.2) is 5.69 Å². The van der Waals surface area contributed by atoms with Crippen molar-refractivity contribution in [1.29, 1.82) is 0 Å². The average Bonchev–Trinajstić information content (AvgIpc) is 3.19. The molecule has 34 heavy (non-hydrogen) atoms. The van der Waals surface area contributed by atoms with E-state index in [1.165, 1.54) is 17.5 Å². The molecule has 182 valence electrons. The molecular formula is C22H22F3N3O5S. The number of esters is 1. The van der Waals surface area contributed by atoms with E-state index in [0.717, 1.165) is 28.2 Å². The Kier molecular flexibility index (Phi) is 7.60. The zero-order valence-corrected chi connectivity index (χ0v) is 19.4. The number of hydrogen-bond donors (Lipinski definition) is 1. The molecule has 1 N–H and O–H groups in total. The van der Waals surface area contributed by atoms with Crippen LogP contribution in [-0.4, -0.2) is 34.6 Å². The zero-order valence-electron chi connectivity index (χ0n) is 18.6. The second-order valence-corrected chi connectivity index (χ2v) is 8.06. The fraction of sp³-hybridized carbons (Fsp3) is 0.364. The van der Waals surface area contributed by atoms with Crippen molar-refractivity contribution in [3.63, 3.8) is 0 Å². The van der Waals surface area contributed by atoms with E-state index < -0.39 is 23.6 Å². The largest absolute Gasteiger partial charge is 0.573 e. The Bertz CT molecular complexity index is 1250. The van der Waals surface area contributed by atoms with Gasteiger partial charge in [-0.15, -0.1) is 24.5 Å². The van der Waals surface area contributed by atoms with Crippen molar-refractivity contribution in [3.8, 4) is 11.4 Å².